The van der Waals surface area contributed by atoms with E-state index in [0.29, 0.717) is 12.3 Å². The van der Waals surface area contributed by atoms with Gasteiger partial charge in [0.2, 0.25) is 5.76 Å². The quantitative estimate of drug-likeness (QED) is 0.734. The Kier molecular flexibility index (Phi) is 5.62. The van der Waals surface area contributed by atoms with Crippen molar-refractivity contribution in [2.45, 2.75) is 25.8 Å². The van der Waals surface area contributed by atoms with E-state index >= 15 is 0 Å². The van der Waals surface area contributed by atoms with Crippen molar-refractivity contribution in [3.8, 4) is 0 Å². The van der Waals surface area contributed by atoms with Gasteiger partial charge in [0, 0.05) is 13.1 Å². The van der Waals surface area contributed by atoms with Crippen molar-refractivity contribution in [1.82, 2.24) is 15.5 Å². The predicted octanol–water partition coefficient (Wildman–Crippen LogP) is 1.26. The van der Waals surface area contributed by atoms with Gasteiger partial charge >= 0.3 is 12.0 Å². The second kappa shape index (κ2) is 7.68. The number of piperidine rings is 1. The SMILES string of the molecule is O=C(NCCN1CCCCC1)NCc1ccc(C(=O)O)o1. The van der Waals surface area contributed by atoms with E-state index in [1.807, 2.05) is 0 Å². The number of nitrogens with zero attached hydrogens (tertiary/aromatic N) is 1. The van der Waals surface area contributed by atoms with Crippen LogP contribution in [0.15, 0.2) is 16.5 Å². The summed E-state index contributed by atoms with van der Waals surface area (Å²) >= 11 is 0. The van der Waals surface area contributed by atoms with Crippen LogP contribution in [0.3, 0.4) is 0 Å². The summed E-state index contributed by atoms with van der Waals surface area (Å²) in [5, 5.41) is 14.1. The number of aromatic carboxylic acids is 1. The highest BCUT2D eigenvalue weighted by Gasteiger charge is 2.11. The molecular formula is C14H21N3O4. The third-order valence-electron chi connectivity index (χ3n) is 3.46. The molecule has 1 aromatic heterocycles. The number of furan rings is 1. The van der Waals surface area contributed by atoms with E-state index in [1.165, 1.54) is 31.4 Å². The zero-order valence-corrected chi connectivity index (χ0v) is 11.9. The Bertz CT molecular complexity index is 480. The highest BCUT2D eigenvalue weighted by atomic mass is 16.4. The van der Waals surface area contributed by atoms with Crippen molar-refractivity contribution < 1.29 is 19.1 Å². The fraction of sp³-hybridized carbons (Fsp3) is 0.571. The number of rotatable bonds is 6. The molecule has 0 bridgehead atoms. The molecule has 2 amide bonds. The number of amides is 2. The van der Waals surface area contributed by atoms with Crippen molar-refractivity contribution in [3.63, 3.8) is 0 Å². The molecule has 1 aliphatic rings. The minimum absolute atomic E-state index is 0.127. The summed E-state index contributed by atoms with van der Waals surface area (Å²) in [5.74, 6) is -0.830. The Labute approximate surface area is 123 Å². The molecule has 0 unspecified atom stereocenters. The number of carboxylic acid groups (broad SMARTS) is 1. The summed E-state index contributed by atoms with van der Waals surface area (Å²) < 4.78 is 5.04. The van der Waals surface area contributed by atoms with E-state index in [2.05, 4.69) is 15.5 Å². The first kappa shape index (κ1) is 15.4. The van der Waals surface area contributed by atoms with Crippen LogP contribution in [0.1, 0.15) is 35.6 Å². The number of hydrogen-bond donors (Lipinski definition) is 3. The van der Waals surface area contributed by atoms with Crippen LogP contribution in [0.5, 0.6) is 0 Å². The molecule has 1 aliphatic heterocycles. The smallest absolute Gasteiger partial charge is 0.371 e. The zero-order chi connectivity index (χ0) is 15.1. The normalized spacial score (nSPS) is 15.6. The maximum Gasteiger partial charge on any atom is 0.371 e. The summed E-state index contributed by atoms with van der Waals surface area (Å²) in [6.07, 6.45) is 3.76. The van der Waals surface area contributed by atoms with Crippen molar-refractivity contribution in [3.05, 3.63) is 23.7 Å². The monoisotopic (exact) mass is 295 g/mol. The van der Waals surface area contributed by atoms with Gasteiger partial charge in [-0.3, -0.25) is 0 Å². The first-order valence-electron chi connectivity index (χ1n) is 7.21. The van der Waals surface area contributed by atoms with E-state index in [1.54, 1.807) is 0 Å². The number of hydrogen-bond acceptors (Lipinski definition) is 4. The summed E-state index contributed by atoms with van der Waals surface area (Å²) in [6.45, 7) is 3.84. The molecule has 1 saturated heterocycles. The van der Waals surface area contributed by atoms with Gasteiger partial charge in [-0.25, -0.2) is 9.59 Å². The molecule has 3 N–H and O–H groups in total. The molecule has 116 valence electrons. The van der Waals surface area contributed by atoms with E-state index in [0.717, 1.165) is 19.6 Å². The number of carboxylic acids is 1. The molecule has 0 aromatic carbocycles. The molecule has 0 aliphatic carbocycles. The third-order valence-corrected chi connectivity index (χ3v) is 3.46. The van der Waals surface area contributed by atoms with Gasteiger partial charge in [-0.05, 0) is 38.1 Å². The second-order valence-corrected chi connectivity index (χ2v) is 5.08. The molecule has 1 fully saturated rings. The summed E-state index contributed by atoms with van der Waals surface area (Å²) in [4.78, 5) is 24.6. The lowest BCUT2D eigenvalue weighted by Gasteiger charge is -2.26. The Hall–Kier alpha value is -2.02. The molecule has 7 nitrogen and oxygen atoms in total. The van der Waals surface area contributed by atoms with Crippen molar-refractivity contribution in [2.24, 2.45) is 0 Å². The lowest BCUT2D eigenvalue weighted by atomic mass is 10.1. The van der Waals surface area contributed by atoms with E-state index in [9.17, 15) is 9.59 Å². The average molecular weight is 295 g/mol. The average Bonchev–Trinajstić information content (AvgIpc) is 2.95. The highest BCUT2D eigenvalue weighted by Crippen LogP contribution is 2.08. The Morgan fingerprint density at radius 2 is 1.95 bits per heavy atom. The molecule has 0 radical (unpaired) electrons. The van der Waals surface area contributed by atoms with E-state index in [-0.39, 0.29) is 18.3 Å². The zero-order valence-electron chi connectivity index (χ0n) is 11.9. The van der Waals surface area contributed by atoms with Crippen LogP contribution >= 0.6 is 0 Å². The molecule has 7 heteroatoms. The van der Waals surface area contributed by atoms with Gasteiger partial charge in [-0.1, -0.05) is 6.42 Å². The topological polar surface area (TPSA) is 94.8 Å². The minimum Gasteiger partial charge on any atom is -0.475 e. The molecule has 0 saturated carbocycles. The number of likely N-dealkylation sites (tertiary alicyclic amines) is 1. The van der Waals surface area contributed by atoms with Gasteiger partial charge in [0.15, 0.2) is 0 Å². The first-order valence-corrected chi connectivity index (χ1v) is 7.21. The molecular weight excluding hydrogens is 274 g/mol. The van der Waals surface area contributed by atoms with E-state index < -0.39 is 5.97 Å². The van der Waals surface area contributed by atoms with Crippen LogP contribution in [0.2, 0.25) is 0 Å². The molecule has 21 heavy (non-hydrogen) atoms. The van der Waals surface area contributed by atoms with Gasteiger partial charge in [0.05, 0.1) is 6.54 Å². The number of carbonyl (C=O) groups excluding carboxylic acids is 1. The standard InChI is InChI=1S/C14H21N3O4/c18-13(19)12-5-4-11(21-12)10-16-14(20)15-6-9-17-7-2-1-3-8-17/h4-5H,1-3,6-10H2,(H,18,19)(H2,15,16,20). The summed E-state index contributed by atoms with van der Waals surface area (Å²) in [6, 6.07) is 2.63. The van der Waals surface area contributed by atoms with Crippen LogP contribution in [0, 0.1) is 0 Å². The van der Waals surface area contributed by atoms with E-state index in [4.69, 9.17) is 9.52 Å². The Morgan fingerprint density at radius 1 is 1.19 bits per heavy atom. The lowest BCUT2D eigenvalue weighted by Crippen LogP contribution is -2.41. The van der Waals surface area contributed by atoms with Crippen LogP contribution in [0.25, 0.3) is 0 Å². The summed E-state index contributed by atoms with van der Waals surface area (Å²) in [5.41, 5.74) is 0. The van der Waals surface area contributed by atoms with Crippen molar-refractivity contribution in [2.75, 3.05) is 26.2 Å². The van der Waals surface area contributed by atoms with Gasteiger partial charge < -0.3 is 25.1 Å². The fourth-order valence-corrected chi connectivity index (χ4v) is 2.33. The largest absolute Gasteiger partial charge is 0.475 e. The van der Waals surface area contributed by atoms with Gasteiger partial charge in [-0.2, -0.15) is 0 Å². The maximum atomic E-state index is 11.6. The molecule has 2 heterocycles. The van der Waals surface area contributed by atoms with Crippen LogP contribution in [0.4, 0.5) is 4.79 Å². The second-order valence-electron chi connectivity index (χ2n) is 5.08. The molecule has 1 aromatic rings. The van der Waals surface area contributed by atoms with Crippen molar-refractivity contribution in [1.29, 1.82) is 0 Å². The van der Waals surface area contributed by atoms with Crippen molar-refractivity contribution >= 4 is 12.0 Å². The maximum absolute atomic E-state index is 11.6. The lowest BCUT2D eigenvalue weighted by molar-refractivity contribution is 0.0660. The molecule has 0 spiro atoms. The first-order chi connectivity index (χ1) is 10.1. The molecule has 0 atom stereocenters. The van der Waals surface area contributed by atoms with Crippen LogP contribution < -0.4 is 10.6 Å². The van der Waals surface area contributed by atoms with Gasteiger partial charge in [0.1, 0.15) is 5.76 Å². The number of carbonyl (C=O) groups is 2. The van der Waals surface area contributed by atoms with Crippen LogP contribution in [-0.4, -0.2) is 48.2 Å². The number of nitrogens with one attached hydrogen (secondary N) is 2. The third kappa shape index (κ3) is 5.11. The Balaban J connectivity index is 1.61. The highest BCUT2D eigenvalue weighted by molar-refractivity contribution is 5.84. The number of urea groups is 1. The fourth-order valence-electron chi connectivity index (χ4n) is 2.33. The van der Waals surface area contributed by atoms with Crippen LogP contribution in [-0.2, 0) is 6.54 Å². The van der Waals surface area contributed by atoms with Gasteiger partial charge in [0.25, 0.3) is 0 Å². The van der Waals surface area contributed by atoms with Gasteiger partial charge in [-0.15, -0.1) is 0 Å². The molecule has 2 rings (SSSR count). The minimum atomic E-state index is -1.12. The Morgan fingerprint density at radius 3 is 2.62 bits per heavy atom. The summed E-state index contributed by atoms with van der Waals surface area (Å²) in [7, 11) is 0. The predicted molar refractivity (Wildman–Crippen MR) is 76.2 cm³/mol.